The lowest BCUT2D eigenvalue weighted by Crippen LogP contribution is -2.27. The fourth-order valence-corrected chi connectivity index (χ4v) is 3.92. The summed E-state index contributed by atoms with van der Waals surface area (Å²) in [4.78, 5) is 0. The molecule has 0 amide bonds. The van der Waals surface area contributed by atoms with Crippen LogP contribution in [0.4, 0.5) is 0 Å². The lowest BCUT2D eigenvalue weighted by atomic mass is 9.96. The van der Waals surface area contributed by atoms with Crippen LogP contribution in [0.5, 0.6) is 0 Å². The first-order valence-corrected chi connectivity index (χ1v) is 9.60. The molecule has 0 unspecified atom stereocenters. The molecule has 2 bridgehead atoms. The number of hydrogen-bond donors (Lipinski definition) is 0. The Bertz CT molecular complexity index is 204. The van der Waals surface area contributed by atoms with E-state index >= 15 is 0 Å². The van der Waals surface area contributed by atoms with Gasteiger partial charge in [0.15, 0.2) is 0 Å². The molecular weight excluding hydrogens is 244 g/mol. The highest BCUT2D eigenvalue weighted by Crippen LogP contribution is 2.26. The van der Waals surface area contributed by atoms with E-state index in [0.29, 0.717) is 12.2 Å². The molecule has 2 fully saturated rings. The Hall–Kier alpha value is -0.0400. The zero-order chi connectivity index (χ0) is 13.9. The number of ether oxygens (including phenoxy) is 1. The van der Waals surface area contributed by atoms with Crippen molar-refractivity contribution in [3.05, 3.63) is 0 Å². The van der Waals surface area contributed by atoms with Crippen molar-refractivity contribution in [1.82, 2.24) is 0 Å². The van der Waals surface area contributed by atoms with Gasteiger partial charge >= 0.3 is 0 Å². The summed E-state index contributed by atoms with van der Waals surface area (Å²) in [5.74, 6) is 0. The molecule has 2 heterocycles. The highest BCUT2D eigenvalue weighted by molar-refractivity contribution is 4.71. The van der Waals surface area contributed by atoms with Crippen molar-refractivity contribution in [3.8, 4) is 0 Å². The quantitative estimate of drug-likeness (QED) is 0.499. The van der Waals surface area contributed by atoms with Gasteiger partial charge in [-0.3, -0.25) is 0 Å². The summed E-state index contributed by atoms with van der Waals surface area (Å²) >= 11 is 0. The normalized spacial score (nSPS) is 32.4. The summed E-state index contributed by atoms with van der Waals surface area (Å²) in [6.07, 6.45) is 25.4. The molecule has 0 N–H and O–H groups in total. The predicted molar refractivity (Wildman–Crippen MR) is 87.2 cm³/mol. The minimum atomic E-state index is 0.601. The first-order valence-electron chi connectivity index (χ1n) is 9.60. The van der Waals surface area contributed by atoms with Crippen LogP contribution >= 0.6 is 0 Å². The van der Waals surface area contributed by atoms with E-state index in [0.717, 1.165) is 0 Å². The van der Waals surface area contributed by atoms with Gasteiger partial charge in [-0.2, -0.15) is 0 Å². The second-order valence-corrected chi connectivity index (χ2v) is 7.13. The zero-order valence-corrected chi connectivity index (χ0v) is 13.6. The van der Waals surface area contributed by atoms with E-state index in [1.165, 1.54) is 109 Å². The van der Waals surface area contributed by atoms with Gasteiger partial charge in [0.05, 0.1) is 12.2 Å². The molecule has 0 spiro atoms. The molecule has 1 heteroatoms. The van der Waals surface area contributed by atoms with Crippen LogP contribution in [0, 0.1) is 0 Å². The topological polar surface area (TPSA) is 9.23 Å². The maximum atomic E-state index is 6.31. The van der Waals surface area contributed by atoms with Crippen LogP contribution in [-0.2, 0) is 4.74 Å². The van der Waals surface area contributed by atoms with Gasteiger partial charge in [-0.15, -0.1) is 0 Å². The van der Waals surface area contributed by atoms with E-state index in [2.05, 4.69) is 0 Å². The molecule has 1 nitrogen and oxygen atoms in total. The lowest BCUT2D eigenvalue weighted by Gasteiger charge is -2.30. The molecule has 0 saturated carbocycles. The summed E-state index contributed by atoms with van der Waals surface area (Å²) in [5, 5.41) is 0. The Balaban J connectivity index is 1.68. The SMILES string of the molecule is C1CCCCCCC[C@H]2CCC[C@@H](CCCCCC1)O2. The van der Waals surface area contributed by atoms with Crippen molar-refractivity contribution in [1.29, 1.82) is 0 Å². The highest BCUT2D eigenvalue weighted by Gasteiger charge is 2.21. The third-order valence-electron chi connectivity index (χ3n) is 5.24. The van der Waals surface area contributed by atoms with Gasteiger partial charge in [-0.25, -0.2) is 0 Å². The molecule has 0 aliphatic carbocycles. The van der Waals surface area contributed by atoms with Crippen LogP contribution in [0.25, 0.3) is 0 Å². The van der Waals surface area contributed by atoms with Gasteiger partial charge in [0.1, 0.15) is 0 Å². The van der Waals surface area contributed by atoms with Crippen molar-refractivity contribution < 1.29 is 4.74 Å². The van der Waals surface area contributed by atoms with Crippen LogP contribution in [0.2, 0.25) is 0 Å². The molecule has 2 atom stereocenters. The van der Waals surface area contributed by atoms with Gasteiger partial charge in [0.25, 0.3) is 0 Å². The molecule has 2 rings (SSSR count). The minimum Gasteiger partial charge on any atom is -0.375 e. The zero-order valence-electron chi connectivity index (χ0n) is 13.6. The van der Waals surface area contributed by atoms with Crippen molar-refractivity contribution >= 4 is 0 Å². The smallest absolute Gasteiger partial charge is 0.0579 e. The average Bonchev–Trinajstić information content (AvgIpc) is 2.47. The molecule has 20 heavy (non-hydrogen) atoms. The fraction of sp³-hybridized carbons (Fsp3) is 1.00. The Labute approximate surface area is 126 Å². The van der Waals surface area contributed by atoms with E-state index in [1.807, 2.05) is 0 Å². The molecule has 2 saturated heterocycles. The molecule has 0 aromatic carbocycles. The maximum Gasteiger partial charge on any atom is 0.0579 e. The third kappa shape index (κ3) is 7.11. The van der Waals surface area contributed by atoms with Crippen molar-refractivity contribution in [2.75, 3.05) is 0 Å². The van der Waals surface area contributed by atoms with Gasteiger partial charge < -0.3 is 4.74 Å². The highest BCUT2D eigenvalue weighted by atomic mass is 16.5. The first kappa shape index (κ1) is 16.3. The van der Waals surface area contributed by atoms with Crippen molar-refractivity contribution in [2.24, 2.45) is 0 Å². The average molecular weight is 280 g/mol. The Morgan fingerprint density at radius 3 is 1.05 bits per heavy atom. The molecule has 0 radical (unpaired) electrons. The fourth-order valence-electron chi connectivity index (χ4n) is 3.92. The Kier molecular flexibility index (Phi) is 8.70. The molecule has 2 aliphatic rings. The summed E-state index contributed by atoms with van der Waals surface area (Å²) in [6.45, 7) is 0. The maximum absolute atomic E-state index is 6.31. The second kappa shape index (κ2) is 10.7. The van der Waals surface area contributed by atoms with Crippen LogP contribution in [0.15, 0.2) is 0 Å². The lowest BCUT2D eigenvalue weighted by molar-refractivity contribution is -0.0579. The number of rotatable bonds is 0. The summed E-state index contributed by atoms with van der Waals surface area (Å²) in [6, 6.07) is 0. The number of fused-ring (bicyclic) bond motifs is 2. The first-order chi connectivity index (χ1) is 9.95. The van der Waals surface area contributed by atoms with E-state index in [9.17, 15) is 0 Å². The Morgan fingerprint density at radius 2 is 0.650 bits per heavy atom. The standard InChI is InChI=1S/C19H36O/c1-2-4-6-8-10-12-15-19-17-13-16-18(20-19)14-11-9-7-5-3-1/h18-19H,1-17H2/t18-,19+. The second-order valence-electron chi connectivity index (χ2n) is 7.13. The summed E-state index contributed by atoms with van der Waals surface area (Å²) in [7, 11) is 0. The van der Waals surface area contributed by atoms with Gasteiger partial charge in [-0.1, -0.05) is 77.0 Å². The summed E-state index contributed by atoms with van der Waals surface area (Å²) < 4.78 is 6.31. The molecule has 2 aliphatic heterocycles. The molecule has 0 aromatic rings. The van der Waals surface area contributed by atoms with E-state index < -0.39 is 0 Å². The Morgan fingerprint density at radius 1 is 0.350 bits per heavy atom. The molecular formula is C19H36O. The number of hydrogen-bond acceptors (Lipinski definition) is 1. The van der Waals surface area contributed by atoms with E-state index in [-0.39, 0.29) is 0 Å². The van der Waals surface area contributed by atoms with Crippen LogP contribution in [-0.4, -0.2) is 12.2 Å². The summed E-state index contributed by atoms with van der Waals surface area (Å²) in [5.41, 5.74) is 0. The molecule has 118 valence electrons. The van der Waals surface area contributed by atoms with Gasteiger partial charge in [0.2, 0.25) is 0 Å². The monoisotopic (exact) mass is 280 g/mol. The van der Waals surface area contributed by atoms with Gasteiger partial charge in [-0.05, 0) is 32.1 Å². The predicted octanol–water partition coefficient (Wildman–Crippen LogP) is 6.40. The van der Waals surface area contributed by atoms with Gasteiger partial charge in [0, 0.05) is 0 Å². The van der Waals surface area contributed by atoms with Crippen molar-refractivity contribution in [3.63, 3.8) is 0 Å². The van der Waals surface area contributed by atoms with E-state index in [4.69, 9.17) is 4.74 Å². The minimum absolute atomic E-state index is 0.601. The largest absolute Gasteiger partial charge is 0.375 e. The molecule has 0 aromatic heterocycles. The van der Waals surface area contributed by atoms with E-state index in [1.54, 1.807) is 0 Å². The van der Waals surface area contributed by atoms with Crippen molar-refractivity contribution in [2.45, 2.75) is 121 Å². The van der Waals surface area contributed by atoms with Crippen LogP contribution in [0.3, 0.4) is 0 Å². The van der Waals surface area contributed by atoms with Crippen LogP contribution < -0.4 is 0 Å². The van der Waals surface area contributed by atoms with Crippen LogP contribution in [0.1, 0.15) is 109 Å². The third-order valence-corrected chi connectivity index (χ3v) is 5.24.